The molecule has 1 heterocycles. The van der Waals surface area contributed by atoms with Gasteiger partial charge in [-0.1, -0.05) is 0 Å². The average Bonchev–Trinajstić information content (AvgIpc) is 2.38. The highest BCUT2D eigenvalue weighted by Crippen LogP contribution is 2.29. The summed E-state index contributed by atoms with van der Waals surface area (Å²) in [4.78, 5) is 4.43. The summed E-state index contributed by atoms with van der Waals surface area (Å²) in [6.45, 7) is 1.72. The molecule has 0 amide bonds. The number of piperidine rings is 1. The highest BCUT2D eigenvalue weighted by molar-refractivity contribution is 7.89. The number of anilines is 2. The third-order valence-electron chi connectivity index (χ3n) is 3.80. The fourth-order valence-corrected chi connectivity index (χ4v) is 3.10. The van der Waals surface area contributed by atoms with Crippen LogP contribution in [0.5, 0.6) is 0 Å². The molecule has 1 aliphatic rings. The Labute approximate surface area is 120 Å². The standard InChI is InChI=1S/C13H22N4O2S/c1-16(2)10-4-3-7-17(9-10)13-8-11(20(15,18)19)5-6-12(13)14/h5-6,8,10H,3-4,7,9,14H2,1-2H3,(H2,15,18,19). The maximum atomic E-state index is 11.5. The summed E-state index contributed by atoms with van der Waals surface area (Å²) in [6.07, 6.45) is 2.19. The Kier molecular flexibility index (Phi) is 4.22. The molecule has 6 nitrogen and oxygen atoms in total. The van der Waals surface area contributed by atoms with Gasteiger partial charge in [-0.05, 0) is 45.1 Å². The summed E-state index contributed by atoms with van der Waals surface area (Å²) in [5, 5.41) is 5.19. The molecular weight excluding hydrogens is 276 g/mol. The Morgan fingerprint density at radius 3 is 2.65 bits per heavy atom. The van der Waals surface area contributed by atoms with E-state index in [1.165, 1.54) is 6.07 Å². The molecule has 4 N–H and O–H groups in total. The molecule has 112 valence electrons. The topological polar surface area (TPSA) is 92.7 Å². The van der Waals surface area contributed by atoms with Crippen LogP contribution in [-0.2, 0) is 10.0 Å². The van der Waals surface area contributed by atoms with Gasteiger partial charge < -0.3 is 15.5 Å². The number of nitrogens with zero attached hydrogens (tertiary/aromatic N) is 2. The monoisotopic (exact) mass is 298 g/mol. The van der Waals surface area contributed by atoms with Gasteiger partial charge in [0.2, 0.25) is 10.0 Å². The number of likely N-dealkylation sites (N-methyl/N-ethyl adjacent to an activating group) is 1. The van der Waals surface area contributed by atoms with E-state index in [2.05, 4.69) is 23.9 Å². The molecule has 0 bridgehead atoms. The highest BCUT2D eigenvalue weighted by Gasteiger charge is 2.23. The van der Waals surface area contributed by atoms with Gasteiger partial charge in [0.1, 0.15) is 0 Å². The van der Waals surface area contributed by atoms with Crippen LogP contribution in [0.4, 0.5) is 11.4 Å². The number of hydrogen-bond acceptors (Lipinski definition) is 5. The predicted octanol–water partition coefficient (Wildman–Crippen LogP) is 0.447. The summed E-state index contributed by atoms with van der Waals surface area (Å²) in [5.41, 5.74) is 7.33. The van der Waals surface area contributed by atoms with Gasteiger partial charge >= 0.3 is 0 Å². The van der Waals surface area contributed by atoms with Crippen molar-refractivity contribution in [2.45, 2.75) is 23.8 Å². The second-order valence-electron chi connectivity index (χ2n) is 5.47. The SMILES string of the molecule is CN(C)C1CCCN(c2cc(S(N)(=O)=O)ccc2N)C1. The number of sulfonamides is 1. The first kappa shape index (κ1) is 15.1. The van der Waals surface area contributed by atoms with Gasteiger partial charge in [-0.25, -0.2) is 13.6 Å². The van der Waals surface area contributed by atoms with Gasteiger partial charge in [-0.3, -0.25) is 0 Å². The van der Waals surface area contributed by atoms with Crippen molar-refractivity contribution in [3.8, 4) is 0 Å². The minimum atomic E-state index is -3.70. The highest BCUT2D eigenvalue weighted by atomic mass is 32.2. The van der Waals surface area contributed by atoms with Crippen LogP contribution in [0.1, 0.15) is 12.8 Å². The van der Waals surface area contributed by atoms with E-state index in [4.69, 9.17) is 10.9 Å². The summed E-state index contributed by atoms with van der Waals surface area (Å²) in [6, 6.07) is 5.07. The maximum Gasteiger partial charge on any atom is 0.238 e. The second kappa shape index (κ2) is 5.59. The third kappa shape index (κ3) is 3.23. The van der Waals surface area contributed by atoms with Gasteiger partial charge in [0.15, 0.2) is 0 Å². The van der Waals surface area contributed by atoms with E-state index in [1.54, 1.807) is 12.1 Å². The Morgan fingerprint density at radius 1 is 1.35 bits per heavy atom. The third-order valence-corrected chi connectivity index (χ3v) is 4.71. The summed E-state index contributed by atoms with van der Waals surface area (Å²) < 4.78 is 22.9. The lowest BCUT2D eigenvalue weighted by atomic mass is 10.0. The Bertz CT molecular complexity index is 586. The van der Waals surface area contributed by atoms with E-state index >= 15 is 0 Å². The first-order chi connectivity index (χ1) is 9.29. The van der Waals surface area contributed by atoms with E-state index < -0.39 is 10.0 Å². The van der Waals surface area contributed by atoms with Crippen LogP contribution in [0.15, 0.2) is 23.1 Å². The fraction of sp³-hybridized carbons (Fsp3) is 0.538. The molecule has 1 aliphatic heterocycles. The summed E-state index contributed by atoms with van der Waals surface area (Å²) in [7, 11) is 0.404. The van der Waals surface area contributed by atoms with Crippen molar-refractivity contribution in [3.05, 3.63) is 18.2 Å². The second-order valence-corrected chi connectivity index (χ2v) is 7.03. The molecule has 7 heteroatoms. The molecular formula is C13H22N4O2S. The zero-order valence-corrected chi connectivity index (χ0v) is 12.7. The first-order valence-corrected chi connectivity index (χ1v) is 8.17. The lowest BCUT2D eigenvalue weighted by molar-refractivity contribution is 0.258. The van der Waals surface area contributed by atoms with Gasteiger partial charge in [0, 0.05) is 19.1 Å². The Hall–Kier alpha value is -1.31. The van der Waals surface area contributed by atoms with Crippen molar-refractivity contribution in [2.75, 3.05) is 37.8 Å². The lowest BCUT2D eigenvalue weighted by Gasteiger charge is -2.38. The number of hydrogen-bond donors (Lipinski definition) is 2. The quantitative estimate of drug-likeness (QED) is 0.790. The van der Waals surface area contributed by atoms with E-state index in [1.807, 2.05) is 0 Å². The zero-order valence-electron chi connectivity index (χ0n) is 11.9. The Morgan fingerprint density at radius 2 is 2.05 bits per heavy atom. The van der Waals surface area contributed by atoms with Crippen LogP contribution in [0.25, 0.3) is 0 Å². The first-order valence-electron chi connectivity index (χ1n) is 6.63. The normalized spacial score (nSPS) is 20.4. The number of nitrogens with two attached hydrogens (primary N) is 2. The van der Waals surface area contributed by atoms with Crippen LogP contribution in [0, 0.1) is 0 Å². The van der Waals surface area contributed by atoms with E-state index in [0.717, 1.165) is 31.6 Å². The smallest absolute Gasteiger partial charge is 0.238 e. The molecule has 1 atom stereocenters. The maximum absolute atomic E-state index is 11.5. The van der Waals surface area contributed by atoms with Crippen molar-refractivity contribution < 1.29 is 8.42 Å². The molecule has 20 heavy (non-hydrogen) atoms. The van der Waals surface area contributed by atoms with Crippen LogP contribution in [-0.4, -0.2) is 46.5 Å². The van der Waals surface area contributed by atoms with E-state index in [9.17, 15) is 8.42 Å². The molecule has 1 unspecified atom stereocenters. The van der Waals surface area contributed by atoms with Crippen LogP contribution < -0.4 is 15.8 Å². The van der Waals surface area contributed by atoms with Crippen molar-refractivity contribution >= 4 is 21.4 Å². The Balaban J connectivity index is 2.32. The van der Waals surface area contributed by atoms with Crippen LogP contribution in [0.2, 0.25) is 0 Å². The summed E-state index contributed by atoms with van der Waals surface area (Å²) in [5.74, 6) is 0. The molecule has 2 rings (SSSR count). The van der Waals surface area contributed by atoms with Crippen molar-refractivity contribution in [2.24, 2.45) is 5.14 Å². The molecule has 1 aromatic carbocycles. The number of rotatable bonds is 3. The van der Waals surface area contributed by atoms with E-state index in [0.29, 0.717) is 11.7 Å². The minimum Gasteiger partial charge on any atom is -0.397 e. The van der Waals surface area contributed by atoms with Crippen molar-refractivity contribution in [1.82, 2.24) is 4.90 Å². The van der Waals surface area contributed by atoms with Gasteiger partial charge in [-0.15, -0.1) is 0 Å². The molecule has 0 saturated carbocycles. The van der Waals surface area contributed by atoms with Gasteiger partial charge in [0.05, 0.1) is 16.3 Å². The van der Waals surface area contributed by atoms with Crippen molar-refractivity contribution in [3.63, 3.8) is 0 Å². The fourth-order valence-electron chi connectivity index (χ4n) is 2.57. The van der Waals surface area contributed by atoms with Crippen LogP contribution in [0.3, 0.4) is 0 Å². The summed E-state index contributed by atoms with van der Waals surface area (Å²) >= 11 is 0. The van der Waals surface area contributed by atoms with Gasteiger partial charge in [0.25, 0.3) is 0 Å². The lowest BCUT2D eigenvalue weighted by Crippen LogP contribution is -2.45. The number of benzene rings is 1. The minimum absolute atomic E-state index is 0.105. The largest absolute Gasteiger partial charge is 0.397 e. The molecule has 0 radical (unpaired) electrons. The number of primary sulfonamides is 1. The molecule has 1 fully saturated rings. The molecule has 1 saturated heterocycles. The molecule has 0 aromatic heterocycles. The van der Waals surface area contributed by atoms with Crippen molar-refractivity contribution in [1.29, 1.82) is 0 Å². The molecule has 0 spiro atoms. The molecule has 0 aliphatic carbocycles. The van der Waals surface area contributed by atoms with E-state index in [-0.39, 0.29) is 4.90 Å². The average molecular weight is 298 g/mol. The number of nitrogen functional groups attached to an aromatic ring is 1. The zero-order chi connectivity index (χ0) is 14.9. The molecule has 1 aromatic rings. The van der Waals surface area contributed by atoms with Crippen LogP contribution >= 0.6 is 0 Å². The predicted molar refractivity (Wildman–Crippen MR) is 81.1 cm³/mol. The van der Waals surface area contributed by atoms with Gasteiger partial charge in [-0.2, -0.15) is 0 Å².